The van der Waals surface area contributed by atoms with Crippen LogP contribution in [0.3, 0.4) is 0 Å². The minimum absolute atomic E-state index is 0.713. The Morgan fingerprint density at radius 2 is 1.02 bits per heavy atom. The second-order valence-electron chi connectivity index (χ2n) is 9.73. The monoisotopic (exact) mass is 559 g/mol. The lowest BCUT2D eigenvalue weighted by Crippen LogP contribution is -2.09. The fraction of sp³-hybridized carbons (Fsp3) is 0.111. The summed E-state index contributed by atoms with van der Waals surface area (Å²) in [4.78, 5) is 2.26. The third-order valence-electron chi connectivity index (χ3n) is 6.98. The molecule has 0 aliphatic heterocycles. The van der Waals surface area contributed by atoms with E-state index in [9.17, 15) is 0 Å². The van der Waals surface area contributed by atoms with E-state index in [1.54, 1.807) is 7.11 Å². The summed E-state index contributed by atoms with van der Waals surface area (Å²) in [6.07, 6.45) is 2.27. The van der Waals surface area contributed by atoms with Crippen LogP contribution in [0.5, 0.6) is 5.75 Å². The maximum absolute atomic E-state index is 5.40. The average molecular weight is 560 g/mol. The molecule has 200 valence electrons. The van der Waals surface area contributed by atoms with Gasteiger partial charge in [-0.2, -0.15) is 25.3 Å². The number of hydrogen-bond acceptors (Lipinski definition) is 4. The molecule has 0 aliphatic rings. The van der Waals surface area contributed by atoms with Crippen LogP contribution in [0.15, 0.2) is 121 Å². The summed E-state index contributed by atoms with van der Waals surface area (Å²) in [6.45, 7) is 2.12. The molecule has 0 bridgehead atoms. The SMILES string of the molecule is COc1ccc(N(c2ccc(/C=C(\c3ccc(C)cc3)c3ccc(CS)cc3)cc2)c2ccc(CS)cc2)cc1. The van der Waals surface area contributed by atoms with Crippen molar-refractivity contribution in [2.75, 3.05) is 12.0 Å². The van der Waals surface area contributed by atoms with Gasteiger partial charge in [-0.05, 0) is 94.9 Å². The van der Waals surface area contributed by atoms with E-state index in [4.69, 9.17) is 4.74 Å². The Bertz CT molecular complexity index is 1510. The highest BCUT2D eigenvalue weighted by Gasteiger charge is 2.13. The van der Waals surface area contributed by atoms with Crippen molar-refractivity contribution in [3.63, 3.8) is 0 Å². The zero-order valence-corrected chi connectivity index (χ0v) is 24.6. The van der Waals surface area contributed by atoms with Gasteiger partial charge in [0.1, 0.15) is 5.75 Å². The number of nitrogens with zero attached hydrogens (tertiary/aromatic N) is 1. The van der Waals surface area contributed by atoms with E-state index < -0.39 is 0 Å². The molecule has 0 saturated carbocycles. The molecule has 40 heavy (non-hydrogen) atoms. The molecule has 5 aromatic rings. The minimum Gasteiger partial charge on any atom is -0.497 e. The molecule has 0 unspecified atom stereocenters. The first-order chi connectivity index (χ1) is 19.6. The summed E-state index contributed by atoms with van der Waals surface area (Å²) in [5, 5.41) is 0. The van der Waals surface area contributed by atoms with Gasteiger partial charge in [-0.1, -0.05) is 78.4 Å². The number of thiol groups is 2. The minimum atomic E-state index is 0.713. The van der Waals surface area contributed by atoms with Gasteiger partial charge < -0.3 is 9.64 Å². The molecular formula is C36H33NOS2. The number of hydrogen-bond donors (Lipinski definition) is 2. The lowest BCUT2D eigenvalue weighted by molar-refractivity contribution is 0.415. The van der Waals surface area contributed by atoms with Crippen LogP contribution in [0.25, 0.3) is 11.6 Å². The van der Waals surface area contributed by atoms with Crippen LogP contribution >= 0.6 is 25.3 Å². The zero-order chi connectivity index (χ0) is 27.9. The second kappa shape index (κ2) is 13.0. The highest BCUT2D eigenvalue weighted by Crippen LogP contribution is 2.36. The van der Waals surface area contributed by atoms with Crippen LogP contribution < -0.4 is 9.64 Å². The predicted molar refractivity (Wildman–Crippen MR) is 178 cm³/mol. The standard InChI is InChI=1S/C36H33NOS2/c1-26-3-11-30(12-4-26)36(31-13-5-28(24-39)6-14-31)23-27-7-15-32(16-8-27)37(33-17-9-29(25-40)10-18-33)34-19-21-35(38-2)22-20-34/h3-23,39-40H,24-25H2,1-2H3/b36-23+. The largest absolute Gasteiger partial charge is 0.497 e. The smallest absolute Gasteiger partial charge is 0.119 e. The summed E-state index contributed by atoms with van der Waals surface area (Å²) >= 11 is 8.86. The van der Waals surface area contributed by atoms with Crippen molar-refractivity contribution in [3.8, 4) is 5.75 Å². The number of ether oxygens (including phenoxy) is 1. The van der Waals surface area contributed by atoms with E-state index in [0.29, 0.717) is 5.75 Å². The van der Waals surface area contributed by atoms with Crippen LogP contribution in [-0.2, 0) is 11.5 Å². The number of benzene rings is 5. The fourth-order valence-electron chi connectivity index (χ4n) is 4.67. The summed E-state index contributed by atoms with van der Waals surface area (Å²) < 4.78 is 5.40. The van der Waals surface area contributed by atoms with Crippen LogP contribution in [0, 0.1) is 6.92 Å². The zero-order valence-electron chi connectivity index (χ0n) is 22.8. The van der Waals surface area contributed by atoms with E-state index in [-0.39, 0.29) is 0 Å². The molecule has 0 aromatic heterocycles. The van der Waals surface area contributed by atoms with Crippen molar-refractivity contribution >= 4 is 54.0 Å². The second-order valence-corrected chi connectivity index (χ2v) is 10.4. The molecule has 0 fully saturated rings. The average Bonchev–Trinajstić information content (AvgIpc) is 3.02. The van der Waals surface area contributed by atoms with E-state index in [2.05, 4.69) is 152 Å². The van der Waals surface area contributed by atoms with Crippen LogP contribution in [0.4, 0.5) is 17.1 Å². The van der Waals surface area contributed by atoms with Crippen LogP contribution in [-0.4, -0.2) is 7.11 Å². The Morgan fingerprint density at radius 1 is 0.600 bits per heavy atom. The van der Waals surface area contributed by atoms with Crippen LogP contribution in [0.1, 0.15) is 33.4 Å². The third-order valence-corrected chi connectivity index (χ3v) is 7.71. The first kappa shape index (κ1) is 27.7. The van der Waals surface area contributed by atoms with Crippen molar-refractivity contribution in [3.05, 3.63) is 155 Å². The van der Waals surface area contributed by atoms with E-state index in [1.165, 1.54) is 33.4 Å². The van der Waals surface area contributed by atoms with Crippen molar-refractivity contribution in [1.29, 1.82) is 0 Å². The summed E-state index contributed by atoms with van der Waals surface area (Å²) in [5.74, 6) is 2.28. The lowest BCUT2D eigenvalue weighted by Gasteiger charge is -2.26. The van der Waals surface area contributed by atoms with Gasteiger partial charge >= 0.3 is 0 Å². The molecule has 0 N–H and O–H groups in total. The molecule has 0 heterocycles. The van der Waals surface area contributed by atoms with Gasteiger partial charge in [0.2, 0.25) is 0 Å². The third kappa shape index (κ3) is 6.47. The fourth-order valence-corrected chi connectivity index (χ4v) is 5.09. The van der Waals surface area contributed by atoms with E-state index >= 15 is 0 Å². The Hall–Kier alpha value is -3.86. The van der Waals surface area contributed by atoms with Crippen molar-refractivity contribution < 1.29 is 4.74 Å². The lowest BCUT2D eigenvalue weighted by atomic mass is 9.94. The van der Waals surface area contributed by atoms with Crippen molar-refractivity contribution in [2.45, 2.75) is 18.4 Å². The van der Waals surface area contributed by atoms with Gasteiger partial charge in [0.05, 0.1) is 7.11 Å². The molecule has 0 aliphatic carbocycles. The van der Waals surface area contributed by atoms with Gasteiger partial charge in [-0.3, -0.25) is 0 Å². The molecule has 0 saturated heterocycles. The Labute approximate surface area is 248 Å². The Balaban J connectivity index is 1.54. The van der Waals surface area contributed by atoms with Gasteiger partial charge in [-0.25, -0.2) is 0 Å². The number of rotatable bonds is 9. The number of methoxy groups -OCH3 is 1. The quantitative estimate of drug-likeness (QED) is 0.138. The van der Waals surface area contributed by atoms with Crippen molar-refractivity contribution in [1.82, 2.24) is 0 Å². The van der Waals surface area contributed by atoms with Crippen molar-refractivity contribution in [2.24, 2.45) is 0 Å². The number of aryl methyl sites for hydroxylation is 1. The maximum atomic E-state index is 5.40. The van der Waals surface area contributed by atoms with Gasteiger partial charge in [0, 0.05) is 28.6 Å². The normalized spacial score (nSPS) is 11.3. The molecule has 5 rings (SSSR count). The highest BCUT2D eigenvalue weighted by atomic mass is 32.1. The summed E-state index contributed by atoms with van der Waals surface area (Å²) in [7, 11) is 1.69. The molecule has 4 heteroatoms. The van der Waals surface area contributed by atoms with Crippen LogP contribution in [0.2, 0.25) is 0 Å². The molecular weight excluding hydrogens is 527 g/mol. The Kier molecular flexibility index (Phi) is 9.00. The summed E-state index contributed by atoms with van der Waals surface area (Å²) in [5.41, 5.74) is 11.6. The molecule has 5 aromatic carbocycles. The highest BCUT2D eigenvalue weighted by molar-refractivity contribution is 7.79. The molecule has 0 spiro atoms. The Morgan fingerprint density at radius 3 is 1.50 bits per heavy atom. The molecule has 0 amide bonds. The first-order valence-electron chi connectivity index (χ1n) is 13.3. The summed E-state index contributed by atoms with van der Waals surface area (Å²) in [6, 6.07) is 42.8. The number of anilines is 3. The first-order valence-corrected chi connectivity index (χ1v) is 14.6. The topological polar surface area (TPSA) is 12.5 Å². The van der Waals surface area contributed by atoms with E-state index in [1.807, 2.05) is 12.1 Å². The molecule has 0 radical (unpaired) electrons. The van der Waals surface area contributed by atoms with E-state index in [0.717, 1.165) is 34.1 Å². The molecule has 2 nitrogen and oxygen atoms in total. The van der Waals surface area contributed by atoms with Gasteiger partial charge in [0.25, 0.3) is 0 Å². The van der Waals surface area contributed by atoms with Gasteiger partial charge in [-0.15, -0.1) is 0 Å². The maximum Gasteiger partial charge on any atom is 0.119 e. The molecule has 0 atom stereocenters. The predicted octanol–water partition coefficient (Wildman–Crippen LogP) is 9.92. The van der Waals surface area contributed by atoms with Gasteiger partial charge in [0.15, 0.2) is 0 Å².